The van der Waals surface area contributed by atoms with Gasteiger partial charge in [-0.25, -0.2) is 4.98 Å². The Morgan fingerprint density at radius 1 is 1.50 bits per heavy atom. The van der Waals surface area contributed by atoms with Crippen molar-refractivity contribution in [2.24, 2.45) is 23.5 Å². The Labute approximate surface area is 118 Å². The molecule has 3 rings (SSSR count). The van der Waals surface area contributed by atoms with Crippen molar-refractivity contribution in [3.8, 4) is 5.88 Å². The number of amides is 1. The zero-order valence-corrected chi connectivity index (χ0v) is 11.7. The first-order valence-corrected chi connectivity index (χ1v) is 7.22. The number of nitrogens with one attached hydrogen (secondary N) is 1. The molecule has 5 heteroatoms. The number of carbonyl (C=O) groups is 1. The van der Waals surface area contributed by atoms with Crippen LogP contribution in [-0.4, -0.2) is 24.0 Å². The lowest BCUT2D eigenvalue weighted by molar-refractivity contribution is -0.127. The molecule has 3 N–H and O–H groups in total. The molecule has 2 fully saturated rings. The van der Waals surface area contributed by atoms with Crippen molar-refractivity contribution in [1.29, 1.82) is 0 Å². The average Bonchev–Trinajstić information content (AvgIpc) is 3.06. The summed E-state index contributed by atoms with van der Waals surface area (Å²) in [5.74, 6) is 1.64. The summed E-state index contributed by atoms with van der Waals surface area (Å²) in [5, 5.41) is 2.99. The largest absolute Gasteiger partial charge is 0.481 e. The predicted octanol–water partition coefficient (Wildman–Crippen LogP) is 1.08. The molecule has 2 aliphatic carbocycles. The second-order valence-corrected chi connectivity index (χ2v) is 5.83. The van der Waals surface area contributed by atoms with Gasteiger partial charge in [-0.2, -0.15) is 0 Å². The molecule has 108 valence electrons. The quantitative estimate of drug-likeness (QED) is 0.862. The van der Waals surface area contributed by atoms with Gasteiger partial charge in [-0.1, -0.05) is 6.07 Å². The highest BCUT2D eigenvalue weighted by Gasteiger charge is 2.48. The van der Waals surface area contributed by atoms with Crippen LogP contribution in [0.2, 0.25) is 0 Å². The molecule has 4 unspecified atom stereocenters. The van der Waals surface area contributed by atoms with Gasteiger partial charge in [-0.3, -0.25) is 4.79 Å². The van der Waals surface area contributed by atoms with Crippen LogP contribution < -0.4 is 15.8 Å². The normalized spacial score (nSPS) is 31.3. The number of hydrogen-bond donors (Lipinski definition) is 2. The molecule has 4 atom stereocenters. The molecular formula is C15H21N3O2. The molecule has 1 aromatic heterocycles. The Morgan fingerprint density at radius 2 is 2.30 bits per heavy atom. The molecule has 0 spiro atoms. The summed E-state index contributed by atoms with van der Waals surface area (Å²) in [6, 6.07) is 3.78. The third-order valence-electron chi connectivity index (χ3n) is 4.78. The molecule has 0 radical (unpaired) electrons. The molecule has 2 bridgehead atoms. The Morgan fingerprint density at radius 3 is 3.00 bits per heavy atom. The molecule has 20 heavy (non-hydrogen) atoms. The molecular weight excluding hydrogens is 254 g/mol. The van der Waals surface area contributed by atoms with Crippen LogP contribution in [0.15, 0.2) is 18.3 Å². The summed E-state index contributed by atoms with van der Waals surface area (Å²) < 4.78 is 5.19. The van der Waals surface area contributed by atoms with E-state index in [-0.39, 0.29) is 17.9 Å². The highest BCUT2D eigenvalue weighted by Crippen LogP contribution is 2.47. The van der Waals surface area contributed by atoms with E-state index in [0.717, 1.165) is 18.4 Å². The van der Waals surface area contributed by atoms with E-state index < -0.39 is 0 Å². The molecule has 2 saturated carbocycles. The lowest BCUT2D eigenvalue weighted by atomic mass is 9.84. The summed E-state index contributed by atoms with van der Waals surface area (Å²) in [6.07, 6.45) is 5.13. The van der Waals surface area contributed by atoms with Crippen LogP contribution in [0.5, 0.6) is 5.88 Å². The van der Waals surface area contributed by atoms with E-state index in [4.69, 9.17) is 10.5 Å². The number of nitrogens with zero attached hydrogens (tertiary/aromatic N) is 1. The van der Waals surface area contributed by atoms with E-state index >= 15 is 0 Å². The maximum absolute atomic E-state index is 12.4. The topological polar surface area (TPSA) is 77.2 Å². The maximum atomic E-state index is 12.4. The molecule has 0 saturated heterocycles. The summed E-state index contributed by atoms with van der Waals surface area (Å²) in [4.78, 5) is 16.5. The fourth-order valence-corrected chi connectivity index (χ4v) is 3.77. The van der Waals surface area contributed by atoms with Crippen LogP contribution in [0.4, 0.5) is 0 Å². The van der Waals surface area contributed by atoms with Crippen molar-refractivity contribution in [3.63, 3.8) is 0 Å². The molecule has 1 aromatic rings. The van der Waals surface area contributed by atoms with Crippen molar-refractivity contribution >= 4 is 5.91 Å². The lowest BCUT2D eigenvalue weighted by Crippen LogP contribution is -2.45. The van der Waals surface area contributed by atoms with Crippen molar-refractivity contribution in [3.05, 3.63) is 23.9 Å². The van der Waals surface area contributed by atoms with Gasteiger partial charge in [0.2, 0.25) is 11.8 Å². The van der Waals surface area contributed by atoms with E-state index in [1.54, 1.807) is 13.3 Å². The zero-order chi connectivity index (χ0) is 14.1. The first-order chi connectivity index (χ1) is 9.70. The first-order valence-electron chi connectivity index (χ1n) is 7.22. The molecule has 5 nitrogen and oxygen atoms in total. The van der Waals surface area contributed by atoms with Crippen LogP contribution in [0, 0.1) is 17.8 Å². The van der Waals surface area contributed by atoms with E-state index in [9.17, 15) is 4.79 Å². The van der Waals surface area contributed by atoms with Gasteiger partial charge >= 0.3 is 0 Å². The number of aromatic nitrogens is 1. The summed E-state index contributed by atoms with van der Waals surface area (Å²) in [6.45, 7) is 0.441. The lowest BCUT2D eigenvalue weighted by Gasteiger charge is -2.27. The Kier molecular flexibility index (Phi) is 3.61. The molecule has 1 heterocycles. The average molecular weight is 275 g/mol. The van der Waals surface area contributed by atoms with Crippen LogP contribution in [0.1, 0.15) is 24.8 Å². The minimum atomic E-state index is -0.0172. The van der Waals surface area contributed by atoms with Crippen molar-refractivity contribution in [1.82, 2.24) is 10.3 Å². The minimum Gasteiger partial charge on any atom is -0.481 e. The third-order valence-corrected chi connectivity index (χ3v) is 4.78. The SMILES string of the molecule is COc1ncccc1CNC(=O)C1C2CCC(C2)C1N. The summed E-state index contributed by atoms with van der Waals surface area (Å²) in [5.41, 5.74) is 7.08. The van der Waals surface area contributed by atoms with Crippen LogP contribution >= 0.6 is 0 Å². The minimum absolute atomic E-state index is 0.0172. The fourth-order valence-electron chi connectivity index (χ4n) is 3.77. The Bertz CT molecular complexity index is 504. The van der Waals surface area contributed by atoms with Gasteiger partial charge in [0.15, 0.2) is 0 Å². The van der Waals surface area contributed by atoms with Gasteiger partial charge < -0.3 is 15.8 Å². The smallest absolute Gasteiger partial charge is 0.225 e. The number of pyridine rings is 1. The van der Waals surface area contributed by atoms with Gasteiger partial charge in [0.05, 0.1) is 13.0 Å². The van der Waals surface area contributed by atoms with Crippen molar-refractivity contribution in [2.45, 2.75) is 31.8 Å². The highest BCUT2D eigenvalue weighted by atomic mass is 16.5. The van der Waals surface area contributed by atoms with Gasteiger partial charge in [-0.05, 0) is 37.2 Å². The van der Waals surface area contributed by atoms with E-state index in [2.05, 4.69) is 10.3 Å². The Balaban J connectivity index is 1.62. The number of nitrogens with two attached hydrogens (primary N) is 1. The summed E-state index contributed by atoms with van der Waals surface area (Å²) in [7, 11) is 1.58. The van der Waals surface area contributed by atoms with Gasteiger partial charge in [0.25, 0.3) is 0 Å². The van der Waals surface area contributed by atoms with Crippen LogP contribution in [0.25, 0.3) is 0 Å². The predicted molar refractivity (Wildman–Crippen MR) is 74.9 cm³/mol. The fraction of sp³-hybridized carbons (Fsp3) is 0.600. The Hall–Kier alpha value is -1.62. The number of hydrogen-bond acceptors (Lipinski definition) is 4. The second kappa shape index (κ2) is 5.40. The second-order valence-electron chi connectivity index (χ2n) is 5.83. The van der Waals surface area contributed by atoms with Crippen LogP contribution in [0.3, 0.4) is 0 Å². The number of fused-ring (bicyclic) bond motifs is 2. The van der Waals surface area contributed by atoms with Gasteiger partial charge in [0.1, 0.15) is 0 Å². The van der Waals surface area contributed by atoms with Crippen LogP contribution in [-0.2, 0) is 11.3 Å². The first kappa shape index (κ1) is 13.4. The van der Waals surface area contributed by atoms with E-state index in [0.29, 0.717) is 24.3 Å². The third kappa shape index (κ3) is 2.26. The zero-order valence-electron chi connectivity index (χ0n) is 11.7. The number of rotatable bonds is 4. The van der Waals surface area contributed by atoms with Gasteiger partial charge in [-0.15, -0.1) is 0 Å². The number of carbonyl (C=O) groups excluding carboxylic acids is 1. The summed E-state index contributed by atoms with van der Waals surface area (Å²) >= 11 is 0. The van der Waals surface area contributed by atoms with Gasteiger partial charge in [0, 0.05) is 24.3 Å². The molecule has 2 aliphatic rings. The number of methoxy groups -OCH3 is 1. The standard InChI is InChI=1S/C15H21N3O2/c1-20-15-11(3-2-6-17-15)8-18-14(19)12-9-4-5-10(7-9)13(12)16/h2-3,6,9-10,12-13H,4-5,7-8,16H2,1H3,(H,18,19). The van der Waals surface area contributed by atoms with Crippen molar-refractivity contribution in [2.75, 3.05) is 7.11 Å². The maximum Gasteiger partial charge on any atom is 0.225 e. The molecule has 1 amide bonds. The van der Waals surface area contributed by atoms with E-state index in [1.807, 2.05) is 12.1 Å². The molecule has 0 aliphatic heterocycles. The van der Waals surface area contributed by atoms with Crippen molar-refractivity contribution < 1.29 is 9.53 Å². The molecule has 0 aromatic carbocycles. The monoisotopic (exact) mass is 275 g/mol. The number of ether oxygens (including phenoxy) is 1. The highest BCUT2D eigenvalue weighted by molar-refractivity contribution is 5.80. The van der Waals surface area contributed by atoms with E-state index in [1.165, 1.54) is 6.42 Å².